The Kier molecular flexibility index (Phi) is 12.1. The Balaban J connectivity index is 1.95. The van der Waals surface area contributed by atoms with Crippen molar-refractivity contribution in [2.75, 3.05) is 6.54 Å². The molecular weight excluding hydrogens is 525 g/mol. The topological polar surface area (TPSA) is 61.4 Å². The summed E-state index contributed by atoms with van der Waals surface area (Å²) in [6.45, 7) is 2.95. The highest BCUT2D eigenvalue weighted by Gasteiger charge is 2.22. The van der Waals surface area contributed by atoms with E-state index in [1.807, 2.05) is 24.3 Å². The molecule has 1 amide bonds. The minimum Gasteiger partial charge on any atom is -0.390 e. The van der Waals surface area contributed by atoms with Crippen molar-refractivity contribution < 1.29 is 18.7 Å². The maximum Gasteiger partial charge on any atom is 0.220 e. The average molecular weight is 558 g/mol. The van der Waals surface area contributed by atoms with Crippen LogP contribution in [0.2, 0.25) is 0 Å². The van der Waals surface area contributed by atoms with Gasteiger partial charge in [-0.1, -0.05) is 44.7 Å². The SMILES string of the molecule is CCCCCCCC(=O)N[C@@H](Cc1cc(F)cc(F)c1)[C@H](O)CNCc1cccc(I)c1. The summed E-state index contributed by atoms with van der Waals surface area (Å²) in [7, 11) is 0. The fraction of sp³-hybridized carbons (Fsp3) is 0.480. The molecule has 7 heteroatoms. The molecule has 2 aromatic rings. The highest BCUT2D eigenvalue weighted by atomic mass is 127. The summed E-state index contributed by atoms with van der Waals surface area (Å²) in [6, 6.07) is 10.7. The lowest BCUT2D eigenvalue weighted by atomic mass is 10.00. The second kappa shape index (κ2) is 14.5. The zero-order valence-corrected chi connectivity index (χ0v) is 20.7. The first-order chi connectivity index (χ1) is 15.4. The molecule has 0 aliphatic rings. The van der Waals surface area contributed by atoms with Gasteiger partial charge in [-0.15, -0.1) is 0 Å². The van der Waals surface area contributed by atoms with E-state index in [1.54, 1.807) is 0 Å². The number of benzene rings is 2. The van der Waals surface area contributed by atoms with Crippen molar-refractivity contribution in [1.82, 2.24) is 10.6 Å². The monoisotopic (exact) mass is 558 g/mol. The number of rotatable bonds is 14. The van der Waals surface area contributed by atoms with Crippen LogP contribution in [-0.4, -0.2) is 29.7 Å². The van der Waals surface area contributed by atoms with Crippen molar-refractivity contribution in [2.24, 2.45) is 0 Å². The predicted molar refractivity (Wildman–Crippen MR) is 132 cm³/mol. The van der Waals surface area contributed by atoms with E-state index >= 15 is 0 Å². The average Bonchev–Trinajstić information content (AvgIpc) is 2.72. The second-order valence-electron chi connectivity index (χ2n) is 8.15. The van der Waals surface area contributed by atoms with E-state index in [-0.39, 0.29) is 18.9 Å². The minimum absolute atomic E-state index is 0.141. The third kappa shape index (κ3) is 10.4. The largest absolute Gasteiger partial charge is 0.390 e. The quantitative estimate of drug-likeness (QED) is 0.223. The summed E-state index contributed by atoms with van der Waals surface area (Å²) in [6.07, 6.45) is 4.77. The predicted octanol–water partition coefficient (Wildman–Crippen LogP) is 5.11. The molecule has 0 heterocycles. The Morgan fingerprint density at radius 2 is 1.75 bits per heavy atom. The lowest BCUT2D eigenvalue weighted by Crippen LogP contribution is -2.48. The Morgan fingerprint density at radius 3 is 2.44 bits per heavy atom. The number of halogens is 3. The van der Waals surface area contributed by atoms with Crippen molar-refractivity contribution in [1.29, 1.82) is 0 Å². The van der Waals surface area contributed by atoms with Gasteiger partial charge in [-0.2, -0.15) is 0 Å². The molecule has 0 aliphatic heterocycles. The van der Waals surface area contributed by atoms with Crippen LogP contribution >= 0.6 is 22.6 Å². The summed E-state index contributed by atoms with van der Waals surface area (Å²) in [5, 5.41) is 16.8. The molecule has 0 unspecified atom stereocenters. The molecule has 0 fully saturated rings. The lowest BCUT2D eigenvalue weighted by molar-refractivity contribution is -0.122. The van der Waals surface area contributed by atoms with E-state index in [0.29, 0.717) is 18.5 Å². The molecule has 0 aliphatic carbocycles. The van der Waals surface area contributed by atoms with Gasteiger partial charge in [-0.25, -0.2) is 8.78 Å². The van der Waals surface area contributed by atoms with E-state index in [0.717, 1.165) is 47.3 Å². The molecule has 0 bridgehead atoms. The van der Waals surface area contributed by atoms with Crippen LogP contribution in [0.1, 0.15) is 56.6 Å². The first-order valence-electron chi connectivity index (χ1n) is 11.2. The number of nitrogens with one attached hydrogen (secondary N) is 2. The van der Waals surface area contributed by atoms with Gasteiger partial charge < -0.3 is 15.7 Å². The van der Waals surface area contributed by atoms with Gasteiger partial charge >= 0.3 is 0 Å². The first kappa shape index (κ1) is 26.7. The summed E-state index contributed by atoms with van der Waals surface area (Å²) in [4.78, 5) is 12.5. The maximum absolute atomic E-state index is 13.6. The molecule has 0 spiro atoms. The van der Waals surface area contributed by atoms with E-state index in [4.69, 9.17) is 0 Å². The summed E-state index contributed by atoms with van der Waals surface area (Å²) in [5.41, 5.74) is 1.48. The van der Waals surface area contributed by atoms with Crippen molar-refractivity contribution in [3.05, 3.63) is 68.8 Å². The van der Waals surface area contributed by atoms with Crippen LogP contribution in [0.5, 0.6) is 0 Å². The second-order valence-corrected chi connectivity index (χ2v) is 9.39. The van der Waals surface area contributed by atoms with E-state index in [2.05, 4.69) is 40.1 Å². The molecule has 0 saturated carbocycles. The van der Waals surface area contributed by atoms with Gasteiger partial charge in [0.2, 0.25) is 5.91 Å². The van der Waals surface area contributed by atoms with Gasteiger partial charge in [-0.3, -0.25) is 4.79 Å². The van der Waals surface area contributed by atoms with Crippen LogP contribution in [0, 0.1) is 15.2 Å². The van der Waals surface area contributed by atoms with Crippen molar-refractivity contribution >= 4 is 28.5 Å². The zero-order valence-electron chi connectivity index (χ0n) is 18.5. The number of hydrogen-bond donors (Lipinski definition) is 3. The van der Waals surface area contributed by atoms with E-state index in [9.17, 15) is 18.7 Å². The van der Waals surface area contributed by atoms with Gasteiger partial charge in [0.15, 0.2) is 0 Å². The molecule has 176 valence electrons. The van der Waals surface area contributed by atoms with Crippen LogP contribution in [0.3, 0.4) is 0 Å². The van der Waals surface area contributed by atoms with Gasteiger partial charge in [0.25, 0.3) is 0 Å². The molecule has 4 nitrogen and oxygen atoms in total. The van der Waals surface area contributed by atoms with Gasteiger partial charge in [0.1, 0.15) is 11.6 Å². The fourth-order valence-corrected chi connectivity index (χ4v) is 4.20. The Morgan fingerprint density at radius 1 is 1.03 bits per heavy atom. The number of amides is 1. The highest BCUT2D eigenvalue weighted by molar-refractivity contribution is 14.1. The Labute approximate surface area is 203 Å². The standard InChI is InChI=1S/C25H33F2IN2O2/c1-2-3-4-5-6-10-25(32)30-23(14-19-11-20(26)15-21(27)12-19)24(31)17-29-16-18-8-7-9-22(28)13-18/h7-9,11-13,15,23-24,29,31H,2-6,10,14,16-17H2,1H3,(H,30,32)/t23-,24+/m0/s1. The molecule has 32 heavy (non-hydrogen) atoms. The number of hydrogen-bond acceptors (Lipinski definition) is 3. The Bertz CT molecular complexity index is 830. The highest BCUT2D eigenvalue weighted by Crippen LogP contribution is 2.13. The fourth-order valence-electron chi connectivity index (χ4n) is 3.59. The van der Waals surface area contributed by atoms with Crippen LogP contribution in [0.4, 0.5) is 8.78 Å². The normalized spacial score (nSPS) is 13.0. The number of aliphatic hydroxyl groups is 1. The molecule has 2 rings (SSSR count). The number of carbonyl (C=O) groups excluding carboxylic acids is 1. The van der Waals surface area contributed by atoms with Gasteiger partial charge in [-0.05, 0) is 70.8 Å². The molecule has 0 saturated heterocycles. The summed E-state index contributed by atoms with van der Waals surface area (Å²) in [5.74, 6) is -1.50. The zero-order chi connectivity index (χ0) is 23.3. The van der Waals surface area contributed by atoms with Gasteiger partial charge in [0, 0.05) is 29.1 Å². The summed E-state index contributed by atoms with van der Waals surface area (Å²) >= 11 is 2.24. The van der Waals surface area contributed by atoms with Gasteiger partial charge in [0.05, 0.1) is 12.1 Å². The van der Waals surface area contributed by atoms with Crippen LogP contribution in [0.15, 0.2) is 42.5 Å². The number of aliphatic hydroxyl groups excluding tert-OH is 1. The minimum atomic E-state index is -0.909. The summed E-state index contributed by atoms with van der Waals surface area (Å²) < 4.78 is 28.4. The molecule has 2 atom stereocenters. The molecular formula is C25H33F2IN2O2. The van der Waals surface area contributed by atoms with Crippen molar-refractivity contribution in [3.63, 3.8) is 0 Å². The van der Waals surface area contributed by atoms with Crippen molar-refractivity contribution in [2.45, 2.75) is 70.6 Å². The van der Waals surface area contributed by atoms with Crippen LogP contribution in [-0.2, 0) is 17.8 Å². The molecule has 0 radical (unpaired) electrons. The lowest BCUT2D eigenvalue weighted by Gasteiger charge is -2.25. The third-order valence-electron chi connectivity index (χ3n) is 5.27. The van der Waals surface area contributed by atoms with Crippen molar-refractivity contribution in [3.8, 4) is 0 Å². The van der Waals surface area contributed by atoms with Crippen LogP contribution in [0.25, 0.3) is 0 Å². The Hall–Kier alpha value is -1.58. The third-order valence-corrected chi connectivity index (χ3v) is 5.94. The van der Waals surface area contributed by atoms with E-state index < -0.39 is 23.8 Å². The number of unbranched alkanes of at least 4 members (excludes halogenated alkanes) is 4. The molecule has 3 N–H and O–H groups in total. The maximum atomic E-state index is 13.6. The van der Waals surface area contributed by atoms with Crippen LogP contribution < -0.4 is 10.6 Å². The smallest absolute Gasteiger partial charge is 0.220 e. The number of carbonyl (C=O) groups is 1. The molecule has 0 aromatic heterocycles. The first-order valence-corrected chi connectivity index (χ1v) is 12.3. The molecule has 2 aromatic carbocycles. The van der Waals surface area contributed by atoms with E-state index in [1.165, 1.54) is 12.1 Å².